The molecule has 1 saturated heterocycles. The first-order valence-corrected chi connectivity index (χ1v) is 8.98. The fraction of sp³-hybridized carbons (Fsp3) is 0.583. The number of aliphatic hydroxyl groups is 3. The van der Waals surface area contributed by atoms with Crippen LogP contribution in [-0.4, -0.2) is 71.3 Å². The highest BCUT2D eigenvalue weighted by Crippen LogP contribution is 2.43. The molecule has 2 aromatic heterocycles. The number of nitrogens with zero attached hydrogens (tertiary/aromatic N) is 4. The van der Waals surface area contributed by atoms with Gasteiger partial charge < -0.3 is 35.2 Å². The van der Waals surface area contributed by atoms with Crippen LogP contribution in [0.15, 0.2) is 6.33 Å². The van der Waals surface area contributed by atoms with E-state index in [0.717, 1.165) is 10.9 Å². The molecule has 0 spiro atoms. The molecule has 25 heavy (non-hydrogen) atoms. The van der Waals surface area contributed by atoms with E-state index in [4.69, 9.17) is 15.0 Å². The van der Waals surface area contributed by atoms with Gasteiger partial charge in [0.25, 0.3) is 0 Å². The molecule has 0 radical (unpaired) electrons. The molecule has 0 saturated carbocycles. The van der Waals surface area contributed by atoms with E-state index < -0.39 is 44.3 Å². The highest BCUT2D eigenvalue weighted by Gasteiger charge is 2.47. The highest BCUT2D eigenvalue weighted by molar-refractivity contribution is 7.60. The van der Waals surface area contributed by atoms with E-state index >= 15 is 0 Å². The summed E-state index contributed by atoms with van der Waals surface area (Å²) < 4.78 is 23.9. The lowest BCUT2D eigenvalue weighted by molar-refractivity contribution is -0.0499. The van der Waals surface area contributed by atoms with Crippen molar-refractivity contribution in [1.82, 2.24) is 19.5 Å². The molecule has 13 heteroatoms. The van der Waals surface area contributed by atoms with Crippen LogP contribution in [0.25, 0.3) is 11.2 Å². The van der Waals surface area contributed by atoms with Crippen LogP contribution in [0.4, 0.5) is 5.82 Å². The van der Waals surface area contributed by atoms with Gasteiger partial charge in [0.2, 0.25) is 5.57 Å². The molecule has 3 heterocycles. The van der Waals surface area contributed by atoms with Gasteiger partial charge in [0.1, 0.15) is 24.6 Å². The van der Waals surface area contributed by atoms with Gasteiger partial charge in [-0.3, -0.25) is 9.13 Å². The standard InChI is InChI=1S/C12H18N5O7P/c1-2-23-25(21,22)12-16-6-9(13)14-4-15-10(6)17(12)11-8(20)7(19)5(3-18)24-11/h4-5,7-8,11,18-20H,2-3H2,1H3,(H,21,22)(H2,13,14,15)/t5-,7-,8-,11-/m1/s1. The van der Waals surface area contributed by atoms with Crippen molar-refractivity contribution in [2.24, 2.45) is 0 Å². The topological polar surface area (TPSA) is 186 Å². The molecular weight excluding hydrogens is 357 g/mol. The first-order chi connectivity index (χ1) is 11.8. The number of aromatic nitrogens is 4. The van der Waals surface area contributed by atoms with Crippen molar-refractivity contribution in [3.05, 3.63) is 6.33 Å². The molecule has 0 aliphatic carbocycles. The molecule has 138 valence electrons. The smallest absolute Gasteiger partial charge is 0.394 e. The molecule has 2 aromatic rings. The first kappa shape index (κ1) is 18.1. The average molecular weight is 375 g/mol. The minimum Gasteiger partial charge on any atom is -0.394 e. The number of aliphatic hydroxyl groups excluding tert-OH is 3. The number of nitrogens with two attached hydrogens (primary N) is 1. The number of ether oxygens (including phenoxy) is 1. The number of imidazole rings is 1. The van der Waals surface area contributed by atoms with Gasteiger partial charge in [0, 0.05) is 0 Å². The Morgan fingerprint density at radius 3 is 2.72 bits per heavy atom. The lowest BCUT2D eigenvalue weighted by Crippen LogP contribution is -2.35. The summed E-state index contributed by atoms with van der Waals surface area (Å²) in [4.78, 5) is 21.9. The normalized spacial score (nSPS) is 29.2. The molecule has 0 bridgehead atoms. The Bertz CT molecular complexity index is 830. The largest absolute Gasteiger partial charge is 0.394 e. The van der Waals surface area contributed by atoms with Gasteiger partial charge in [-0.05, 0) is 6.92 Å². The van der Waals surface area contributed by atoms with Crippen molar-refractivity contribution < 1.29 is 34.0 Å². The predicted molar refractivity (Wildman–Crippen MR) is 83.8 cm³/mol. The molecule has 1 unspecified atom stereocenters. The van der Waals surface area contributed by atoms with Crippen LogP contribution in [0.5, 0.6) is 0 Å². The van der Waals surface area contributed by atoms with E-state index in [0.29, 0.717) is 0 Å². The average Bonchev–Trinajstić information content (AvgIpc) is 3.08. The summed E-state index contributed by atoms with van der Waals surface area (Å²) in [6.45, 7) is 0.890. The third kappa shape index (κ3) is 2.91. The summed E-state index contributed by atoms with van der Waals surface area (Å²) in [5.41, 5.74) is 5.31. The summed E-state index contributed by atoms with van der Waals surface area (Å²) in [5.74, 6) is -0.0479. The van der Waals surface area contributed by atoms with Gasteiger partial charge in [-0.25, -0.2) is 15.0 Å². The third-order valence-electron chi connectivity index (χ3n) is 3.82. The van der Waals surface area contributed by atoms with E-state index in [1.165, 1.54) is 6.92 Å². The zero-order valence-electron chi connectivity index (χ0n) is 13.1. The minimum absolute atomic E-state index is 0.0178. The Morgan fingerprint density at radius 2 is 2.12 bits per heavy atom. The van der Waals surface area contributed by atoms with Gasteiger partial charge in [-0.1, -0.05) is 0 Å². The lowest BCUT2D eigenvalue weighted by atomic mass is 10.1. The Balaban J connectivity index is 2.22. The number of fused-ring (bicyclic) bond motifs is 1. The summed E-state index contributed by atoms with van der Waals surface area (Å²) in [7, 11) is -4.41. The Kier molecular flexibility index (Phi) is 4.77. The third-order valence-corrected chi connectivity index (χ3v) is 5.24. The SMILES string of the molecule is CCOP(=O)(O)c1nc2c(N)ncnc2n1[C@@H]1O[C@H](CO)[C@@H](O)[C@H]1O. The first-order valence-electron chi connectivity index (χ1n) is 7.40. The molecule has 1 aliphatic rings. The maximum absolute atomic E-state index is 12.5. The van der Waals surface area contributed by atoms with Crippen LogP contribution in [0.1, 0.15) is 13.2 Å². The van der Waals surface area contributed by atoms with Crippen LogP contribution in [0, 0.1) is 0 Å². The van der Waals surface area contributed by atoms with E-state index in [-0.39, 0.29) is 23.6 Å². The monoisotopic (exact) mass is 375 g/mol. The summed E-state index contributed by atoms with van der Waals surface area (Å²) in [6.07, 6.45) is -4.23. The summed E-state index contributed by atoms with van der Waals surface area (Å²) in [6, 6.07) is 0. The number of hydrogen-bond acceptors (Lipinski definition) is 10. The lowest BCUT2D eigenvalue weighted by Gasteiger charge is -2.20. The molecule has 0 amide bonds. The maximum atomic E-state index is 12.5. The maximum Gasteiger partial charge on any atom is 0.394 e. The molecule has 6 N–H and O–H groups in total. The van der Waals surface area contributed by atoms with Gasteiger partial charge >= 0.3 is 7.60 Å². The van der Waals surface area contributed by atoms with Crippen molar-refractivity contribution >= 4 is 30.1 Å². The van der Waals surface area contributed by atoms with E-state index in [1.54, 1.807) is 0 Å². The fourth-order valence-electron chi connectivity index (χ4n) is 2.67. The van der Waals surface area contributed by atoms with Crippen LogP contribution >= 0.6 is 7.60 Å². The van der Waals surface area contributed by atoms with Crippen molar-refractivity contribution in [2.45, 2.75) is 31.5 Å². The molecule has 5 atom stereocenters. The Labute approximate surface area is 141 Å². The summed E-state index contributed by atoms with van der Waals surface area (Å²) >= 11 is 0. The molecule has 3 rings (SSSR count). The van der Waals surface area contributed by atoms with Crippen molar-refractivity contribution in [3.8, 4) is 0 Å². The highest BCUT2D eigenvalue weighted by atomic mass is 31.2. The zero-order valence-corrected chi connectivity index (χ0v) is 14.0. The van der Waals surface area contributed by atoms with Crippen LogP contribution in [0.2, 0.25) is 0 Å². The summed E-state index contributed by atoms with van der Waals surface area (Å²) in [5, 5.41) is 29.5. The van der Waals surface area contributed by atoms with Gasteiger partial charge in [-0.2, -0.15) is 0 Å². The minimum atomic E-state index is -4.41. The van der Waals surface area contributed by atoms with E-state index in [9.17, 15) is 24.8 Å². The van der Waals surface area contributed by atoms with E-state index in [1.807, 2.05) is 0 Å². The fourth-order valence-corrected chi connectivity index (χ4v) is 3.85. The Hall–Kier alpha value is -1.66. The Morgan fingerprint density at radius 1 is 1.40 bits per heavy atom. The predicted octanol–water partition coefficient (Wildman–Crippen LogP) is -2.13. The number of hydrogen-bond donors (Lipinski definition) is 5. The van der Waals surface area contributed by atoms with Crippen LogP contribution in [0.3, 0.4) is 0 Å². The second-order valence-corrected chi connectivity index (χ2v) is 7.08. The van der Waals surface area contributed by atoms with Crippen LogP contribution in [-0.2, 0) is 13.8 Å². The van der Waals surface area contributed by atoms with E-state index in [2.05, 4.69) is 15.0 Å². The van der Waals surface area contributed by atoms with Crippen molar-refractivity contribution in [1.29, 1.82) is 0 Å². The van der Waals surface area contributed by atoms with Crippen LogP contribution < -0.4 is 11.3 Å². The zero-order chi connectivity index (χ0) is 18.4. The van der Waals surface area contributed by atoms with Gasteiger partial charge in [-0.15, -0.1) is 0 Å². The second kappa shape index (κ2) is 6.57. The van der Waals surface area contributed by atoms with Crippen molar-refractivity contribution in [3.63, 3.8) is 0 Å². The second-order valence-electron chi connectivity index (χ2n) is 5.38. The quantitative estimate of drug-likeness (QED) is 0.359. The molecule has 1 aliphatic heterocycles. The molecule has 1 fully saturated rings. The molecule has 0 aromatic carbocycles. The number of anilines is 1. The molecular formula is C12H18N5O7P. The number of rotatable bonds is 5. The van der Waals surface area contributed by atoms with Gasteiger partial charge in [0.15, 0.2) is 23.2 Å². The molecule has 12 nitrogen and oxygen atoms in total. The number of nitrogen functional groups attached to an aromatic ring is 1. The van der Waals surface area contributed by atoms with Crippen molar-refractivity contribution in [2.75, 3.05) is 18.9 Å². The van der Waals surface area contributed by atoms with Gasteiger partial charge in [0.05, 0.1) is 13.2 Å².